The van der Waals surface area contributed by atoms with E-state index in [0.29, 0.717) is 24.0 Å². The number of amides is 1. The predicted octanol–water partition coefficient (Wildman–Crippen LogP) is 1.93. The van der Waals surface area contributed by atoms with E-state index in [4.69, 9.17) is 16.3 Å². The number of carbonyl (C=O) groups is 1. The number of pyridine rings is 1. The highest BCUT2D eigenvalue weighted by molar-refractivity contribution is 6.33. The topological polar surface area (TPSA) is 63.2 Å². The standard InChI is InChI=1S/C12H18ClN3O2/c1-14-10-6-5-9(13)11(16-10)12(17)15-7-3-4-8-18-2/h5-6H,3-4,7-8H2,1-2H3,(H,14,16)(H,15,17). The quantitative estimate of drug-likeness (QED) is 0.744. The van der Waals surface area contributed by atoms with E-state index in [1.807, 2.05) is 0 Å². The Labute approximate surface area is 112 Å². The Morgan fingerprint density at radius 2 is 2.22 bits per heavy atom. The Bertz CT molecular complexity index is 399. The van der Waals surface area contributed by atoms with Crippen LogP contribution in [0.2, 0.25) is 5.02 Å². The van der Waals surface area contributed by atoms with Gasteiger partial charge in [-0.25, -0.2) is 4.98 Å². The number of rotatable bonds is 7. The molecule has 0 spiro atoms. The van der Waals surface area contributed by atoms with E-state index in [0.717, 1.165) is 12.8 Å². The van der Waals surface area contributed by atoms with Crippen LogP contribution in [0.4, 0.5) is 5.82 Å². The molecule has 0 atom stereocenters. The molecule has 0 saturated carbocycles. The minimum absolute atomic E-state index is 0.246. The van der Waals surface area contributed by atoms with Crippen molar-refractivity contribution in [3.8, 4) is 0 Å². The first-order valence-corrected chi connectivity index (χ1v) is 6.18. The molecule has 0 radical (unpaired) electrons. The molecule has 1 rings (SSSR count). The van der Waals surface area contributed by atoms with Crippen molar-refractivity contribution >= 4 is 23.3 Å². The molecule has 1 heterocycles. The van der Waals surface area contributed by atoms with Gasteiger partial charge in [-0.2, -0.15) is 0 Å². The van der Waals surface area contributed by atoms with Gasteiger partial charge in [0.05, 0.1) is 5.02 Å². The first kappa shape index (κ1) is 14.7. The molecule has 1 aromatic rings. The molecular weight excluding hydrogens is 254 g/mol. The molecule has 1 amide bonds. The zero-order valence-corrected chi connectivity index (χ0v) is 11.4. The molecule has 0 aliphatic heterocycles. The van der Waals surface area contributed by atoms with Crippen LogP contribution in [0.5, 0.6) is 0 Å². The van der Waals surface area contributed by atoms with E-state index < -0.39 is 0 Å². The second-order valence-electron chi connectivity index (χ2n) is 3.73. The Hall–Kier alpha value is -1.33. The molecule has 2 N–H and O–H groups in total. The largest absolute Gasteiger partial charge is 0.385 e. The first-order valence-electron chi connectivity index (χ1n) is 5.80. The number of hydrogen-bond donors (Lipinski definition) is 2. The molecule has 18 heavy (non-hydrogen) atoms. The highest BCUT2D eigenvalue weighted by atomic mass is 35.5. The fraction of sp³-hybridized carbons (Fsp3) is 0.500. The van der Waals surface area contributed by atoms with Gasteiger partial charge in [-0.05, 0) is 25.0 Å². The van der Waals surface area contributed by atoms with Crippen molar-refractivity contribution < 1.29 is 9.53 Å². The van der Waals surface area contributed by atoms with E-state index in [-0.39, 0.29) is 11.6 Å². The number of unbranched alkanes of at least 4 members (excludes halogenated alkanes) is 1. The van der Waals surface area contributed by atoms with Crippen molar-refractivity contribution in [1.29, 1.82) is 0 Å². The fourth-order valence-corrected chi connectivity index (χ4v) is 1.59. The maximum absolute atomic E-state index is 11.8. The summed E-state index contributed by atoms with van der Waals surface area (Å²) in [6, 6.07) is 3.37. The van der Waals surface area contributed by atoms with Gasteiger partial charge in [-0.3, -0.25) is 4.79 Å². The van der Waals surface area contributed by atoms with Crippen LogP contribution in [0.3, 0.4) is 0 Å². The number of carbonyl (C=O) groups excluding carboxylic acids is 1. The summed E-state index contributed by atoms with van der Waals surface area (Å²) in [5.41, 5.74) is 0.246. The summed E-state index contributed by atoms with van der Waals surface area (Å²) in [5.74, 6) is 0.360. The third kappa shape index (κ3) is 4.50. The molecule has 0 fully saturated rings. The van der Waals surface area contributed by atoms with E-state index in [1.54, 1.807) is 26.3 Å². The van der Waals surface area contributed by atoms with Gasteiger partial charge in [-0.15, -0.1) is 0 Å². The van der Waals surface area contributed by atoms with Gasteiger partial charge in [0.15, 0.2) is 0 Å². The van der Waals surface area contributed by atoms with Crippen LogP contribution in [0, 0.1) is 0 Å². The summed E-state index contributed by atoms with van der Waals surface area (Å²) < 4.78 is 4.93. The molecule has 0 bridgehead atoms. The lowest BCUT2D eigenvalue weighted by Crippen LogP contribution is -2.26. The molecule has 1 aromatic heterocycles. The summed E-state index contributed by atoms with van der Waals surface area (Å²) in [6.07, 6.45) is 1.78. The number of halogens is 1. The molecular formula is C12H18ClN3O2. The fourth-order valence-electron chi connectivity index (χ4n) is 1.40. The van der Waals surface area contributed by atoms with Crippen LogP contribution in [-0.4, -0.2) is 38.2 Å². The molecule has 6 heteroatoms. The number of aromatic nitrogens is 1. The summed E-state index contributed by atoms with van der Waals surface area (Å²) in [5, 5.41) is 6.00. The normalized spacial score (nSPS) is 10.2. The van der Waals surface area contributed by atoms with Crippen LogP contribution < -0.4 is 10.6 Å². The Morgan fingerprint density at radius 3 is 2.89 bits per heavy atom. The Kier molecular flexibility index (Phi) is 6.46. The maximum Gasteiger partial charge on any atom is 0.271 e. The molecule has 0 unspecified atom stereocenters. The average molecular weight is 272 g/mol. The number of anilines is 1. The van der Waals surface area contributed by atoms with Crippen molar-refractivity contribution in [2.75, 3.05) is 32.6 Å². The summed E-state index contributed by atoms with van der Waals surface area (Å²) in [7, 11) is 3.40. The number of nitrogens with zero attached hydrogens (tertiary/aromatic N) is 1. The van der Waals surface area contributed by atoms with Crippen LogP contribution in [0.25, 0.3) is 0 Å². The van der Waals surface area contributed by atoms with Gasteiger partial charge in [0.1, 0.15) is 11.5 Å². The Morgan fingerprint density at radius 1 is 1.44 bits per heavy atom. The lowest BCUT2D eigenvalue weighted by atomic mass is 10.3. The van der Waals surface area contributed by atoms with Crippen molar-refractivity contribution in [2.24, 2.45) is 0 Å². The lowest BCUT2D eigenvalue weighted by Gasteiger charge is -2.07. The van der Waals surface area contributed by atoms with Gasteiger partial charge in [0.25, 0.3) is 5.91 Å². The van der Waals surface area contributed by atoms with Gasteiger partial charge in [-0.1, -0.05) is 11.6 Å². The number of nitrogens with one attached hydrogen (secondary N) is 2. The molecule has 100 valence electrons. The number of ether oxygens (including phenoxy) is 1. The van der Waals surface area contributed by atoms with Crippen molar-refractivity contribution in [2.45, 2.75) is 12.8 Å². The Balaban J connectivity index is 2.50. The van der Waals surface area contributed by atoms with Gasteiger partial charge >= 0.3 is 0 Å². The third-order valence-corrected chi connectivity index (χ3v) is 2.68. The smallest absolute Gasteiger partial charge is 0.271 e. The average Bonchev–Trinajstić information content (AvgIpc) is 2.39. The van der Waals surface area contributed by atoms with E-state index in [1.165, 1.54) is 0 Å². The van der Waals surface area contributed by atoms with Crippen LogP contribution in [-0.2, 0) is 4.74 Å². The summed E-state index contributed by atoms with van der Waals surface area (Å²) in [6.45, 7) is 1.29. The third-order valence-electron chi connectivity index (χ3n) is 2.38. The minimum atomic E-state index is -0.255. The van der Waals surface area contributed by atoms with Crippen molar-refractivity contribution in [1.82, 2.24) is 10.3 Å². The number of methoxy groups -OCH3 is 1. The molecule has 5 nitrogen and oxygen atoms in total. The molecule has 0 aromatic carbocycles. The highest BCUT2D eigenvalue weighted by Crippen LogP contribution is 2.16. The zero-order valence-electron chi connectivity index (χ0n) is 10.6. The minimum Gasteiger partial charge on any atom is -0.385 e. The van der Waals surface area contributed by atoms with Crippen LogP contribution in [0.1, 0.15) is 23.3 Å². The SMILES string of the molecule is CNc1ccc(Cl)c(C(=O)NCCCCOC)n1. The van der Waals surface area contributed by atoms with Gasteiger partial charge < -0.3 is 15.4 Å². The van der Waals surface area contributed by atoms with E-state index >= 15 is 0 Å². The van der Waals surface area contributed by atoms with Crippen molar-refractivity contribution in [3.63, 3.8) is 0 Å². The summed E-state index contributed by atoms with van der Waals surface area (Å²) >= 11 is 5.94. The highest BCUT2D eigenvalue weighted by Gasteiger charge is 2.12. The zero-order chi connectivity index (χ0) is 13.4. The lowest BCUT2D eigenvalue weighted by molar-refractivity contribution is 0.0946. The van der Waals surface area contributed by atoms with E-state index in [9.17, 15) is 4.79 Å². The molecule has 0 aliphatic carbocycles. The maximum atomic E-state index is 11.8. The molecule has 0 saturated heterocycles. The predicted molar refractivity (Wildman–Crippen MR) is 72.2 cm³/mol. The van der Waals surface area contributed by atoms with Crippen LogP contribution >= 0.6 is 11.6 Å². The second-order valence-corrected chi connectivity index (χ2v) is 4.14. The number of hydrogen-bond acceptors (Lipinski definition) is 4. The second kappa shape index (κ2) is 7.89. The summed E-state index contributed by atoms with van der Waals surface area (Å²) in [4.78, 5) is 16.0. The van der Waals surface area contributed by atoms with Crippen LogP contribution in [0.15, 0.2) is 12.1 Å². The van der Waals surface area contributed by atoms with Crippen molar-refractivity contribution in [3.05, 3.63) is 22.8 Å². The monoisotopic (exact) mass is 271 g/mol. The van der Waals surface area contributed by atoms with Gasteiger partial charge in [0, 0.05) is 27.3 Å². The van der Waals surface area contributed by atoms with Gasteiger partial charge in [0.2, 0.25) is 0 Å². The molecule has 0 aliphatic rings. The first-order chi connectivity index (χ1) is 8.69. The van der Waals surface area contributed by atoms with E-state index in [2.05, 4.69) is 15.6 Å².